The zero-order valence-electron chi connectivity index (χ0n) is 10.6. The van der Waals surface area contributed by atoms with Gasteiger partial charge in [-0.05, 0) is 30.2 Å². The van der Waals surface area contributed by atoms with Gasteiger partial charge in [-0.15, -0.1) is 0 Å². The van der Waals surface area contributed by atoms with E-state index in [0.29, 0.717) is 0 Å². The summed E-state index contributed by atoms with van der Waals surface area (Å²) in [6.45, 7) is 6.92. The highest BCUT2D eigenvalue weighted by Gasteiger charge is 2.12. The molecule has 0 aromatic heterocycles. The van der Waals surface area contributed by atoms with Crippen LogP contribution in [0, 0.1) is 0 Å². The minimum Gasteiger partial charge on any atom is -0.493 e. The van der Waals surface area contributed by atoms with Crippen LogP contribution in [0.3, 0.4) is 0 Å². The SMILES string of the molecule is CCN(CCN)CCc1ccc2c(c1)CCO2. The summed E-state index contributed by atoms with van der Waals surface area (Å²) in [6.07, 6.45) is 2.16. The Kier molecular flexibility index (Phi) is 4.40. The second-order valence-electron chi connectivity index (χ2n) is 4.51. The summed E-state index contributed by atoms with van der Waals surface area (Å²) in [5.41, 5.74) is 8.36. The summed E-state index contributed by atoms with van der Waals surface area (Å²) in [6, 6.07) is 6.58. The Hall–Kier alpha value is -1.06. The summed E-state index contributed by atoms with van der Waals surface area (Å²) in [5.74, 6) is 1.07. The van der Waals surface area contributed by atoms with Crippen LogP contribution in [-0.2, 0) is 12.8 Å². The number of benzene rings is 1. The minimum absolute atomic E-state index is 0.742. The van der Waals surface area contributed by atoms with Gasteiger partial charge in [0.1, 0.15) is 5.75 Å². The number of likely N-dealkylation sites (N-methyl/N-ethyl adjacent to an activating group) is 1. The van der Waals surface area contributed by atoms with Crippen molar-refractivity contribution in [3.8, 4) is 5.75 Å². The van der Waals surface area contributed by atoms with Crippen LogP contribution in [0.15, 0.2) is 18.2 Å². The van der Waals surface area contributed by atoms with Gasteiger partial charge >= 0.3 is 0 Å². The van der Waals surface area contributed by atoms with E-state index < -0.39 is 0 Å². The molecular formula is C14H22N2O. The van der Waals surface area contributed by atoms with Crippen LogP contribution in [0.1, 0.15) is 18.1 Å². The highest BCUT2D eigenvalue weighted by atomic mass is 16.5. The van der Waals surface area contributed by atoms with E-state index in [1.807, 2.05) is 0 Å². The van der Waals surface area contributed by atoms with Gasteiger partial charge in [0, 0.05) is 26.1 Å². The normalized spacial score (nSPS) is 13.8. The molecule has 1 aromatic carbocycles. The van der Waals surface area contributed by atoms with Crippen LogP contribution in [0.25, 0.3) is 0 Å². The van der Waals surface area contributed by atoms with Crippen molar-refractivity contribution in [1.29, 1.82) is 0 Å². The van der Waals surface area contributed by atoms with Gasteiger partial charge in [-0.25, -0.2) is 0 Å². The third-order valence-corrected chi connectivity index (χ3v) is 3.36. The molecular weight excluding hydrogens is 212 g/mol. The molecule has 0 atom stereocenters. The number of hydrogen-bond donors (Lipinski definition) is 1. The number of rotatable bonds is 6. The Morgan fingerprint density at radius 2 is 2.24 bits per heavy atom. The predicted octanol–water partition coefficient (Wildman–Crippen LogP) is 1.44. The van der Waals surface area contributed by atoms with Gasteiger partial charge in [-0.3, -0.25) is 0 Å². The molecule has 1 heterocycles. The van der Waals surface area contributed by atoms with Crippen molar-refractivity contribution in [2.45, 2.75) is 19.8 Å². The van der Waals surface area contributed by atoms with Gasteiger partial charge < -0.3 is 15.4 Å². The number of nitrogens with zero attached hydrogens (tertiary/aromatic N) is 1. The second-order valence-corrected chi connectivity index (χ2v) is 4.51. The van der Waals surface area contributed by atoms with Crippen molar-refractivity contribution >= 4 is 0 Å². The molecule has 0 bridgehead atoms. The van der Waals surface area contributed by atoms with Crippen LogP contribution >= 0.6 is 0 Å². The Bertz CT molecular complexity index is 365. The van der Waals surface area contributed by atoms with Crippen molar-refractivity contribution in [3.05, 3.63) is 29.3 Å². The van der Waals surface area contributed by atoms with Crippen molar-refractivity contribution < 1.29 is 4.74 Å². The van der Waals surface area contributed by atoms with Crippen LogP contribution < -0.4 is 10.5 Å². The Morgan fingerprint density at radius 3 is 3.00 bits per heavy atom. The molecule has 3 nitrogen and oxygen atoms in total. The molecule has 1 aliphatic rings. The molecule has 0 unspecified atom stereocenters. The van der Waals surface area contributed by atoms with E-state index in [-0.39, 0.29) is 0 Å². The van der Waals surface area contributed by atoms with Crippen LogP contribution in [0.5, 0.6) is 5.75 Å². The molecule has 0 saturated heterocycles. The summed E-state index contributed by atoms with van der Waals surface area (Å²) < 4.78 is 5.51. The minimum atomic E-state index is 0.742. The van der Waals surface area contributed by atoms with Gasteiger partial charge in [0.05, 0.1) is 6.61 Å². The van der Waals surface area contributed by atoms with E-state index in [1.165, 1.54) is 11.1 Å². The van der Waals surface area contributed by atoms with Gasteiger partial charge in [-0.1, -0.05) is 19.1 Å². The molecule has 0 radical (unpaired) electrons. The lowest BCUT2D eigenvalue weighted by atomic mass is 10.1. The fourth-order valence-electron chi connectivity index (χ4n) is 2.29. The predicted molar refractivity (Wildman–Crippen MR) is 70.5 cm³/mol. The van der Waals surface area contributed by atoms with Crippen molar-refractivity contribution in [2.24, 2.45) is 5.73 Å². The van der Waals surface area contributed by atoms with E-state index in [4.69, 9.17) is 10.5 Å². The number of hydrogen-bond acceptors (Lipinski definition) is 3. The van der Waals surface area contributed by atoms with Crippen molar-refractivity contribution in [2.75, 3.05) is 32.8 Å². The largest absolute Gasteiger partial charge is 0.493 e. The zero-order valence-corrected chi connectivity index (χ0v) is 10.6. The first kappa shape index (κ1) is 12.4. The summed E-state index contributed by atoms with van der Waals surface area (Å²) in [5, 5.41) is 0. The van der Waals surface area contributed by atoms with Gasteiger partial charge in [0.15, 0.2) is 0 Å². The molecule has 0 spiro atoms. The molecule has 2 N–H and O–H groups in total. The quantitative estimate of drug-likeness (QED) is 0.809. The summed E-state index contributed by atoms with van der Waals surface area (Å²) in [7, 11) is 0. The van der Waals surface area contributed by atoms with Gasteiger partial charge in [0.2, 0.25) is 0 Å². The zero-order chi connectivity index (χ0) is 12.1. The van der Waals surface area contributed by atoms with E-state index in [1.54, 1.807) is 0 Å². The van der Waals surface area contributed by atoms with Crippen LogP contribution in [-0.4, -0.2) is 37.7 Å². The van der Waals surface area contributed by atoms with E-state index in [9.17, 15) is 0 Å². The monoisotopic (exact) mass is 234 g/mol. The fourth-order valence-corrected chi connectivity index (χ4v) is 2.29. The Labute approximate surface area is 104 Å². The first-order valence-corrected chi connectivity index (χ1v) is 6.50. The first-order valence-electron chi connectivity index (χ1n) is 6.50. The molecule has 0 aliphatic carbocycles. The molecule has 1 aromatic rings. The Morgan fingerprint density at radius 1 is 1.35 bits per heavy atom. The molecule has 3 heteroatoms. The van der Waals surface area contributed by atoms with E-state index >= 15 is 0 Å². The fraction of sp³-hybridized carbons (Fsp3) is 0.571. The van der Waals surface area contributed by atoms with Crippen molar-refractivity contribution in [1.82, 2.24) is 4.90 Å². The van der Waals surface area contributed by atoms with Crippen LogP contribution in [0.4, 0.5) is 0 Å². The van der Waals surface area contributed by atoms with E-state index in [2.05, 4.69) is 30.0 Å². The number of fused-ring (bicyclic) bond motifs is 1. The molecule has 0 saturated carbocycles. The number of ether oxygens (including phenoxy) is 1. The van der Waals surface area contributed by atoms with Crippen molar-refractivity contribution in [3.63, 3.8) is 0 Å². The highest BCUT2D eigenvalue weighted by molar-refractivity contribution is 5.39. The topological polar surface area (TPSA) is 38.5 Å². The molecule has 94 valence electrons. The maximum absolute atomic E-state index is 5.59. The first-order chi connectivity index (χ1) is 8.33. The highest BCUT2D eigenvalue weighted by Crippen LogP contribution is 2.25. The van der Waals surface area contributed by atoms with E-state index in [0.717, 1.165) is 51.4 Å². The smallest absolute Gasteiger partial charge is 0.122 e. The lowest BCUT2D eigenvalue weighted by molar-refractivity contribution is 0.300. The van der Waals surface area contributed by atoms with Crippen LogP contribution in [0.2, 0.25) is 0 Å². The lowest BCUT2D eigenvalue weighted by Gasteiger charge is -2.19. The van der Waals surface area contributed by atoms with Gasteiger partial charge in [-0.2, -0.15) is 0 Å². The standard InChI is InChI=1S/C14H22N2O/c1-2-16(9-7-15)8-5-12-3-4-14-13(11-12)6-10-17-14/h3-4,11H,2,5-10,15H2,1H3. The summed E-state index contributed by atoms with van der Waals surface area (Å²) in [4.78, 5) is 2.39. The second kappa shape index (κ2) is 6.03. The molecule has 0 amide bonds. The molecule has 0 fully saturated rings. The maximum atomic E-state index is 5.59. The molecule has 2 rings (SSSR count). The molecule has 17 heavy (non-hydrogen) atoms. The lowest BCUT2D eigenvalue weighted by Crippen LogP contribution is -2.31. The average molecular weight is 234 g/mol. The number of nitrogens with two attached hydrogens (primary N) is 1. The molecule has 1 aliphatic heterocycles. The Balaban J connectivity index is 1.90. The van der Waals surface area contributed by atoms with Gasteiger partial charge in [0.25, 0.3) is 0 Å². The average Bonchev–Trinajstić information content (AvgIpc) is 2.81. The summed E-state index contributed by atoms with van der Waals surface area (Å²) >= 11 is 0. The maximum Gasteiger partial charge on any atom is 0.122 e. The third kappa shape index (κ3) is 3.20. The third-order valence-electron chi connectivity index (χ3n) is 3.36.